The molecule has 2 aliphatic rings. The lowest BCUT2D eigenvalue weighted by Gasteiger charge is -2.44. The molecule has 1 aliphatic carbocycles. The molecule has 3 atom stereocenters. The van der Waals surface area contributed by atoms with Crippen LogP contribution in [-0.2, 0) is 6.42 Å². The Morgan fingerprint density at radius 1 is 1.44 bits per heavy atom. The second-order valence-corrected chi connectivity index (χ2v) is 8.27. The molecule has 136 valence electrons. The maximum absolute atomic E-state index is 12.0. The zero-order chi connectivity index (χ0) is 18.5. The fourth-order valence-corrected chi connectivity index (χ4v) is 4.67. The van der Waals surface area contributed by atoms with Crippen molar-refractivity contribution in [2.24, 2.45) is 11.3 Å². The van der Waals surface area contributed by atoms with Gasteiger partial charge in [-0.3, -0.25) is 0 Å². The highest BCUT2D eigenvalue weighted by Crippen LogP contribution is 2.59. The van der Waals surface area contributed by atoms with Crippen LogP contribution in [0.4, 0.5) is 0 Å². The van der Waals surface area contributed by atoms with Gasteiger partial charge >= 0.3 is 5.97 Å². The maximum atomic E-state index is 12.0. The summed E-state index contributed by atoms with van der Waals surface area (Å²) in [6.45, 7) is 12.5. The molecule has 1 fully saturated rings. The number of allylic oxidation sites excluding steroid dienone is 1. The van der Waals surface area contributed by atoms with Gasteiger partial charge in [-0.25, -0.2) is 4.79 Å². The Morgan fingerprint density at radius 3 is 2.68 bits per heavy atom. The summed E-state index contributed by atoms with van der Waals surface area (Å²) < 4.78 is 6.28. The minimum atomic E-state index is -0.983. The van der Waals surface area contributed by atoms with Gasteiger partial charge < -0.3 is 14.9 Å². The third-order valence-corrected chi connectivity index (χ3v) is 5.95. The quantitative estimate of drug-likeness (QED) is 0.762. The van der Waals surface area contributed by atoms with Gasteiger partial charge in [0.15, 0.2) is 0 Å². The fraction of sp³-hybridized carbons (Fsp3) is 0.571. The number of hydrogen-bond donors (Lipinski definition) is 2. The Hall–Kier alpha value is -1.97. The minimum Gasteiger partial charge on any atom is -0.508 e. The van der Waals surface area contributed by atoms with Gasteiger partial charge in [0, 0.05) is 16.9 Å². The molecule has 0 aromatic heterocycles. The summed E-state index contributed by atoms with van der Waals surface area (Å²) in [6, 6.07) is 1.63. The lowest BCUT2D eigenvalue weighted by molar-refractivity contribution is 0.0186. The second kappa shape index (κ2) is 6.08. The predicted molar refractivity (Wildman–Crippen MR) is 97.5 cm³/mol. The van der Waals surface area contributed by atoms with Crippen LogP contribution >= 0.6 is 0 Å². The molecule has 0 saturated heterocycles. The van der Waals surface area contributed by atoms with Crippen LogP contribution in [-0.4, -0.2) is 22.3 Å². The van der Waals surface area contributed by atoms with E-state index < -0.39 is 5.97 Å². The van der Waals surface area contributed by atoms with Crippen molar-refractivity contribution < 1.29 is 19.7 Å². The number of phenols is 1. The number of fused-ring (bicyclic) bond motifs is 3. The minimum absolute atomic E-state index is 0.0370. The molecule has 1 heterocycles. The van der Waals surface area contributed by atoms with Gasteiger partial charge in [0.1, 0.15) is 23.2 Å². The molecule has 0 unspecified atom stereocenters. The van der Waals surface area contributed by atoms with E-state index in [-0.39, 0.29) is 34.7 Å². The largest absolute Gasteiger partial charge is 0.508 e. The highest BCUT2D eigenvalue weighted by atomic mass is 16.5. The van der Waals surface area contributed by atoms with E-state index in [9.17, 15) is 15.0 Å². The van der Waals surface area contributed by atoms with Crippen LogP contribution in [0.25, 0.3) is 0 Å². The fourth-order valence-electron chi connectivity index (χ4n) is 4.67. The first-order valence-corrected chi connectivity index (χ1v) is 9.13. The Bertz CT molecular complexity index is 732. The lowest BCUT2D eigenvalue weighted by atomic mass is 9.62. The van der Waals surface area contributed by atoms with Gasteiger partial charge in [0.2, 0.25) is 0 Å². The van der Waals surface area contributed by atoms with Crippen LogP contribution in [0.3, 0.4) is 0 Å². The van der Waals surface area contributed by atoms with Gasteiger partial charge in [-0.2, -0.15) is 0 Å². The smallest absolute Gasteiger partial charge is 0.339 e. The van der Waals surface area contributed by atoms with E-state index in [2.05, 4.69) is 20.4 Å². The number of benzene rings is 1. The highest BCUT2D eigenvalue weighted by Gasteiger charge is 2.53. The van der Waals surface area contributed by atoms with E-state index in [0.717, 1.165) is 24.8 Å². The van der Waals surface area contributed by atoms with Crippen molar-refractivity contribution in [3.05, 3.63) is 34.9 Å². The third kappa shape index (κ3) is 2.72. The number of carboxylic acids is 1. The number of phenolic OH excluding ortho intramolecular Hbond substituents is 1. The summed E-state index contributed by atoms with van der Waals surface area (Å²) >= 11 is 0. The maximum Gasteiger partial charge on any atom is 0.339 e. The standard InChI is InChI=1S/C21H28O4/c1-6-7-12-10-14(22)17-16-13(11(2)3)8-9-21(4,5)19(16)25-18(17)15(12)20(23)24/h10,13,16,19,22H,2,6-9H2,1,3-5H3,(H,23,24)/t13-,16+,19-/m0/s1. The molecular formula is C21H28O4. The number of ether oxygens (including phenoxy) is 1. The molecule has 1 aromatic rings. The Balaban J connectivity index is 2.23. The average molecular weight is 344 g/mol. The van der Waals surface area contributed by atoms with Crippen molar-refractivity contribution in [3.63, 3.8) is 0 Å². The monoisotopic (exact) mass is 344 g/mol. The van der Waals surface area contributed by atoms with E-state index in [0.29, 0.717) is 23.3 Å². The highest BCUT2D eigenvalue weighted by molar-refractivity contribution is 5.94. The average Bonchev–Trinajstić information content (AvgIpc) is 2.88. The van der Waals surface area contributed by atoms with Crippen molar-refractivity contribution in [2.45, 2.75) is 65.4 Å². The van der Waals surface area contributed by atoms with Crippen LogP contribution in [0.1, 0.15) is 74.4 Å². The van der Waals surface area contributed by atoms with E-state index in [1.807, 2.05) is 13.8 Å². The second-order valence-electron chi connectivity index (χ2n) is 8.27. The van der Waals surface area contributed by atoms with E-state index in [1.165, 1.54) is 0 Å². The molecule has 2 N–H and O–H groups in total. The molecule has 0 amide bonds. The van der Waals surface area contributed by atoms with Crippen molar-refractivity contribution >= 4 is 5.97 Å². The molecule has 4 heteroatoms. The summed E-state index contributed by atoms with van der Waals surface area (Å²) in [5.41, 5.74) is 2.52. The van der Waals surface area contributed by atoms with Crippen LogP contribution in [0, 0.1) is 11.3 Å². The Kier molecular flexibility index (Phi) is 4.34. The molecule has 0 spiro atoms. The van der Waals surface area contributed by atoms with Crippen molar-refractivity contribution in [1.82, 2.24) is 0 Å². The molecular weight excluding hydrogens is 316 g/mol. The molecule has 0 bridgehead atoms. The van der Waals surface area contributed by atoms with Crippen molar-refractivity contribution in [3.8, 4) is 11.5 Å². The summed E-state index contributed by atoms with van der Waals surface area (Å²) in [4.78, 5) is 12.0. The van der Waals surface area contributed by atoms with Crippen LogP contribution in [0.15, 0.2) is 18.2 Å². The number of carbonyl (C=O) groups is 1. The molecule has 0 radical (unpaired) electrons. The Labute approximate surface area is 149 Å². The Morgan fingerprint density at radius 2 is 2.12 bits per heavy atom. The first-order valence-electron chi connectivity index (χ1n) is 9.13. The number of aromatic carboxylic acids is 1. The number of aryl methyl sites for hydroxylation is 1. The van der Waals surface area contributed by atoms with Crippen LogP contribution < -0.4 is 4.74 Å². The molecule has 1 aliphatic heterocycles. The number of rotatable bonds is 4. The summed E-state index contributed by atoms with van der Waals surface area (Å²) in [7, 11) is 0. The zero-order valence-corrected chi connectivity index (χ0v) is 15.6. The molecule has 3 rings (SSSR count). The van der Waals surface area contributed by atoms with Crippen molar-refractivity contribution in [1.29, 1.82) is 0 Å². The van der Waals surface area contributed by atoms with Crippen LogP contribution in [0.2, 0.25) is 0 Å². The molecule has 1 saturated carbocycles. The summed E-state index contributed by atoms with van der Waals surface area (Å²) in [6.07, 6.45) is 3.24. The topological polar surface area (TPSA) is 66.8 Å². The predicted octanol–water partition coefficient (Wildman–Crippen LogP) is 4.90. The van der Waals surface area contributed by atoms with Crippen LogP contribution in [0.5, 0.6) is 11.5 Å². The van der Waals surface area contributed by atoms with Gasteiger partial charge in [0.25, 0.3) is 0 Å². The first kappa shape index (κ1) is 17.8. The third-order valence-electron chi connectivity index (χ3n) is 5.95. The molecule has 4 nitrogen and oxygen atoms in total. The molecule has 1 aromatic carbocycles. The SMILES string of the molecule is C=C(C)[C@@H]1CCC(C)(C)[C@H]2Oc3c(C(=O)O)c(CCC)cc(O)c3[C@@H]12. The van der Waals surface area contributed by atoms with Crippen molar-refractivity contribution in [2.75, 3.05) is 0 Å². The lowest BCUT2D eigenvalue weighted by Crippen LogP contribution is -2.43. The van der Waals surface area contributed by atoms with Gasteiger partial charge in [-0.15, -0.1) is 0 Å². The van der Waals surface area contributed by atoms with E-state index in [1.54, 1.807) is 6.07 Å². The van der Waals surface area contributed by atoms with Gasteiger partial charge in [-0.05, 0) is 43.7 Å². The van der Waals surface area contributed by atoms with Gasteiger partial charge in [-0.1, -0.05) is 39.3 Å². The number of aromatic hydroxyl groups is 1. The van der Waals surface area contributed by atoms with Gasteiger partial charge in [0.05, 0.1) is 0 Å². The first-order chi connectivity index (χ1) is 11.7. The number of carboxylic acid groups (broad SMARTS) is 1. The van der Waals surface area contributed by atoms with E-state index >= 15 is 0 Å². The normalized spacial score (nSPS) is 26.5. The zero-order valence-electron chi connectivity index (χ0n) is 15.6. The van der Waals surface area contributed by atoms with E-state index in [4.69, 9.17) is 4.74 Å². The summed E-state index contributed by atoms with van der Waals surface area (Å²) in [5, 5.41) is 20.6. The number of hydrogen-bond acceptors (Lipinski definition) is 3. The summed E-state index contributed by atoms with van der Waals surface area (Å²) in [5.74, 6) is -0.274. The molecule has 25 heavy (non-hydrogen) atoms.